The molecule has 0 fully saturated rings. The monoisotopic (exact) mass is 202 g/mol. The molecule has 0 aliphatic rings. The van der Waals surface area contributed by atoms with E-state index in [-0.39, 0.29) is 16.5 Å². The Morgan fingerprint density at radius 1 is 0.833 bits per heavy atom. The fraction of sp³-hybridized carbons (Fsp3) is 0. The van der Waals surface area contributed by atoms with Crippen LogP contribution in [-0.4, -0.2) is 5.11 Å². The summed E-state index contributed by atoms with van der Waals surface area (Å²) in [6.45, 7) is 0. The van der Waals surface area contributed by atoms with Crippen molar-refractivity contribution in [3.8, 4) is 5.75 Å². The topological polar surface area (TPSA) is 20.2 Å². The Bertz CT molecular complexity index is 384. The summed E-state index contributed by atoms with van der Waals surface area (Å²) >= 11 is 0. The Kier molecular flexibility index (Phi) is 2.72. The van der Waals surface area contributed by atoms with Crippen molar-refractivity contribution in [2.75, 3.05) is 0 Å². The van der Waals surface area contributed by atoms with Gasteiger partial charge in [-0.25, -0.2) is 0 Å². The molecule has 0 amide bonds. The zero-order valence-electron chi connectivity index (χ0n) is 6.30. The van der Waals surface area contributed by atoms with Crippen molar-refractivity contribution in [1.82, 2.24) is 0 Å². The third kappa shape index (κ3) is 1.59. The molecule has 0 aromatic heterocycles. The molecule has 0 spiro atoms. The molecule has 12 heavy (non-hydrogen) atoms. The number of hydrogen-bond acceptors (Lipinski definition) is 1. The zero-order valence-corrected chi connectivity index (χ0v) is 7.29. The van der Waals surface area contributed by atoms with Gasteiger partial charge in [0.1, 0.15) is 5.75 Å². The van der Waals surface area contributed by atoms with Gasteiger partial charge in [-0.05, 0) is 22.9 Å². The number of rotatable bonds is 0. The van der Waals surface area contributed by atoms with Crippen molar-refractivity contribution >= 4 is 10.8 Å². The minimum atomic E-state index is 0. The smallest absolute Gasteiger partial charge is 0.116 e. The Balaban J connectivity index is 0.000000720. The van der Waals surface area contributed by atoms with E-state index in [0.717, 1.165) is 10.8 Å². The Hall–Kier alpha value is -1.01. The summed E-state index contributed by atoms with van der Waals surface area (Å²) in [6.07, 6.45) is 0. The predicted octanol–water partition coefficient (Wildman–Crippen LogP) is 2.54. The van der Waals surface area contributed by atoms with E-state index in [4.69, 9.17) is 5.11 Å². The Morgan fingerprint density at radius 3 is 2.25 bits per heavy atom. The van der Waals surface area contributed by atoms with Gasteiger partial charge >= 0.3 is 0 Å². The summed E-state index contributed by atoms with van der Waals surface area (Å²) in [5, 5.41) is 11.4. The molecule has 2 aromatic carbocycles. The average molecular weight is 203 g/mol. The van der Waals surface area contributed by atoms with Crippen LogP contribution in [0.2, 0.25) is 0 Å². The van der Waals surface area contributed by atoms with E-state index in [0.29, 0.717) is 5.75 Å². The Labute approximate surface area is 81.0 Å². The van der Waals surface area contributed by atoms with E-state index in [1.165, 1.54) is 0 Å². The van der Waals surface area contributed by atoms with Crippen LogP contribution in [0.3, 0.4) is 0 Å². The molecule has 1 nitrogen and oxygen atoms in total. The number of fused-ring (bicyclic) bond motifs is 1. The minimum Gasteiger partial charge on any atom is -0.508 e. The molecule has 2 rings (SSSR count). The molecule has 1 N–H and O–H groups in total. The van der Waals surface area contributed by atoms with Crippen LogP contribution in [0, 0.1) is 0 Å². The molecule has 0 unspecified atom stereocenters. The van der Waals surface area contributed by atoms with Gasteiger partial charge in [-0.1, -0.05) is 30.3 Å². The van der Waals surface area contributed by atoms with Crippen LogP contribution >= 0.6 is 0 Å². The van der Waals surface area contributed by atoms with Crippen molar-refractivity contribution in [2.45, 2.75) is 0 Å². The molecule has 0 aliphatic carbocycles. The standard InChI is InChI=1S/C10H8O.Ni/c11-10-6-5-8-3-1-2-4-9(8)7-10;/h1-7,11H;. The first kappa shape index (κ1) is 9.08. The maximum Gasteiger partial charge on any atom is 0.116 e. The first-order valence-corrected chi connectivity index (χ1v) is 3.54. The van der Waals surface area contributed by atoms with Crippen LogP contribution in [0.25, 0.3) is 10.8 Å². The second-order valence-corrected chi connectivity index (χ2v) is 2.53. The molecule has 2 aromatic rings. The first-order chi connectivity index (χ1) is 5.36. The summed E-state index contributed by atoms with van der Waals surface area (Å²) in [5.74, 6) is 0.323. The van der Waals surface area contributed by atoms with Crippen LogP contribution in [0.4, 0.5) is 0 Å². The van der Waals surface area contributed by atoms with Crippen molar-refractivity contribution in [3.05, 3.63) is 42.5 Å². The fourth-order valence-electron chi connectivity index (χ4n) is 1.18. The molecule has 0 atom stereocenters. The van der Waals surface area contributed by atoms with E-state index in [1.54, 1.807) is 12.1 Å². The maximum absolute atomic E-state index is 9.13. The van der Waals surface area contributed by atoms with E-state index < -0.39 is 0 Å². The number of phenols is 1. The van der Waals surface area contributed by atoms with Crippen LogP contribution in [0.1, 0.15) is 0 Å². The molecule has 0 bridgehead atoms. The van der Waals surface area contributed by atoms with Gasteiger partial charge in [0, 0.05) is 16.5 Å². The van der Waals surface area contributed by atoms with Crippen LogP contribution < -0.4 is 0 Å². The summed E-state index contributed by atoms with van der Waals surface area (Å²) in [5.41, 5.74) is 0. The van der Waals surface area contributed by atoms with E-state index in [2.05, 4.69) is 0 Å². The summed E-state index contributed by atoms with van der Waals surface area (Å²) in [6, 6.07) is 13.3. The summed E-state index contributed by atoms with van der Waals surface area (Å²) in [7, 11) is 0. The van der Waals surface area contributed by atoms with Gasteiger partial charge in [-0.2, -0.15) is 0 Å². The predicted molar refractivity (Wildman–Crippen MR) is 45.6 cm³/mol. The van der Waals surface area contributed by atoms with Crippen molar-refractivity contribution < 1.29 is 21.6 Å². The van der Waals surface area contributed by atoms with Gasteiger partial charge in [0.15, 0.2) is 0 Å². The maximum atomic E-state index is 9.13. The van der Waals surface area contributed by atoms with Gasteiger partial charge < -0.3 is 5.11 Å². The van der Waals surface area contributed by atoms with Crippen molar-refractivity contribution in [1.29, 1.82) is 0 Å². The fourth-order valence-corrected chi connectivity index (χ4v) is 1.18. The molecule has 64 valence electrons. The van der Waals surface area contributed by atoms with Crippen molar-refractivity contribution in [2.24, 2.45) is 0 Å². The average Bonchev–Trinajstić information content (AvgIpc) is 2.04. The normalized spacial score (nSPS) is 9.33. The molecule has 2 heteroatoms. The van der Waals surface area contributed by atoms with E-state index in [9.17, 15) is 0 Å². The Morgan fingerprint density at radius 2 is 1.50 bits per heavy atom. The molecule has 0 saturated heterocycles. The molecule has 0 aliphatic heterocycles. The summed E-state index contributed by atoms with van der Waals surface area (Å²) in [4.78, 5) is 0. The van der Waals surface area contributed by atoms with Crippen LogP contribution in [0.5, 0.6) is 5.75 Å². The third-order valence-electron chi connectivity index (χ3n) is 1.73. The molecular formula is C10H8NiO. The molecule has 0 radical (unpaired) electrons. The van der Waals surface area contributed by atoms with Gasteiger partial charge in [0.05, 0.1) is 0 Å². The van der Waals surface area contributed by atoms with Gasteiger partial charge in [-0.15, -0.1) is 0 Å². The second-order valence-electron chi connectivity index (χ2n) is 2.53. The summed E-state index contributed by atoms with van der Waals surface area (Å²) < 4.78 is 0. The van der Waals surface area contributed by atoms with E-state index in [1.807, 2.05) is 30.3 Å². The first-order valence-electron chi connectivity index (χ1n) is 3.54. The quantitative estimate of drug-likeness (QED) is 0.652. The largest absolute Gasteiger partial charge is 0.508 e. The third-order valence-corrected chi connectivity index (χ3v) is 1.73. The van der Waals surface area contributed by atoms with Gasteiger partial charge in [-0.3, -0.25) is 0 Å². The van der Waals surface area contributed by atoms with Crippen LogP contribution in [0.15, 0.2) is 42.5 Å². The molecule has 0 heterocycles. The van der Waals surface area contributed by atoms with Crippen LogP contribution in [-0.2, 0) is 16.5 Å². The number of benzene rings is 2. The molecule has 0 saturated carbocycles. The number of hydrogen-bond donors (Lipinski definition) is 1. The minimum absolute atomic E-state index is 0. The van der Waals surface area contributed by atoms with E-state index >= 15 is 0 Å². The number of phenolic OH excluding ortho intramolecular Hbond substituents is 1. The molecular weight excluding hydrogens is 195 g/mol. The SMILES string of the molecule is Oc1ccc2ccccc2c1.[Ni]. The second kappa shape index (κ2) is 3.60. The van der Waals surface area contributed by atoms with Gasteiger partial charge in [0.25, 0.3) is 0 Å². The van der Waals surface area contributed by atoms with Crippen molar-refractivity contribution in [3.63, 3.8) is 0 Å². The number of aromatic hydroxyl groups is 1. The van der Waals surface area contributed by atoms with Gasteiger partial charge in [0.2, 0.25) is 0 Å². The zero-order chi connectivity index (χ0) is 7.68.